The molecule has 0 aromatic heterocycles. The average Bonchev–Trinajstić information content (AvgIpc) is 2.37. The van der Waals surface area contributed by atoms with Gasteiger partial charge in [-0.1, -0.05) is 6.92 Å². The third kappa shape index (κ3) is 4.11. The van der Waals surface area contributed by atoms with Gasteiger partial charge in [0.2, 0.25) is 10.0 Å². The molecule has 1 aromatic rings. The van der Waals surface area contributed by atoms with Gasteiger partial charge in [0.05, 0.1) is 11.4 Å². The molecule has 0 unspecified atom stereocenters. The number of hydrogen-bond acceptors (Lipinski definition) is 4. The quantitative estimate of drug-likeness (QED) is 0.804. The summed E-state index contributed by atoms with van der Waals surface area (Å²) in [4.78, 5) is 0. The van der Waals surface area contributed by atoms with E-state index in [4.69, 9.17) is 9.84 Å². The molecule has 0 aliphatic carbocycles. The Bertz CT molecular complexity index is 494. The molecule has 0 saturated carbocycles. The maximum Gasteiger partial charge on any atom is 0.237 e. The predicted octanol–water partition coefficient (Wildman–Crippen LogP) is 1.99. The number of nitrogens with one attached hydrogen (secondary N) is 1. The Morgan fingerprint density at radius 1 is 1.26 bits per heavy atom. The first kappa shape index (κ1) is 15.8. The van der Waals surface area contributed by atoms with Crippen molar-refractivity contribution in [3.8, 4) is 5.75 Å². The molecule has 0 bridgehead atoms. The number of anilines is 1. The molecule has 108 valence electrons. The minimum Gasteiger partial charge on any atom is -0.491 e. The number of aliphatic hydroxyl groups is 1. The second-order valence-electron chi connectivity index (χ2n) is 4.82. The fourth-order valence-electron chi connectivity index (χ4n) is 1.27. The second kappa shape index (κ2) is 6.25. The zero-order valence-electron chi connectivity index (χ0n) is 11.5. The molecule has 1 aromatic carbocycles. The second-order valence-corrected chi connectivity index (χ2v) is 7.13. The van der Waals surface area contributed by atoms with Gasteiger partial charge in [0.15, 0.2) is 0 Å². The summed E-state index contributed by atoms with van der Waals surface area (Å²) in [5.74, 6) is 0.590. The zero-order valence-corrected chi connectivity index (χ0v) is 12.3. The lowest BCUT2D eigenvalue weighted by atomic mass is 10.1. The molecule has 5 nitrogen and oxygen atoms in total. The van der Waals surface area contributed by atoms with Gasteiger partial charge in [-0.3, -0.25) is 4.72 Å². The maximum absolute atomic E-state index is 12.1. The van der Waals surface area contributed by atoms with Crippen molar-refractivity contribution in [1.29, 1.82) is 0 Å². The molecule has 6 heteroatoms. The summed E-state index contributed by atoms with van der Waals surface area (Å²) in [6.07, 6.45) is 0.528. The van der Waals surface area contributed by atoms with Crippen LogP contribution in [0.1, 0.15) is 27.2 Å². The van der Waals surface area contributed by atoms with Crippen molar-refractivity contribution in [1.82, 2.24) is 0 Å². The number of ether oxygens (including phenoxy) is 1. The summed E-state index contributed by atoms with van der Waals surface area (Å²) in [6, 6.07) is 6.59. The molecule has 0 saturated heterocycles. The van der Waals surface area contributed by atoms with Gasteiger partial charge in [0.25, 0.3) is 0 Å². The maximum atomic E-state index is 12.1. The monoisotopic (exact) mass is 287 g/mol. The van der Waals surface area contributed by atoms with E-state index in [0.717, 1.165) is 0 Å². The van der Waals surface area contributed by atoms with E-state index in [-0.39, 0.29) is 13.2 Å². The van der Waals surface area contributed by atoms with E-state index in [1.165, 1.54) is 0 Å². The predicted molar refractivity (Wildman–Crippen MR) is 75.9 cm³/mol. The van der Waals surface area contributed by atoms with Crippen LogP contribution in [0.3, 0.4) is 0 Å². The summed E-state index contributed by atoms with van der Waals surface area (Å²) < 4.78 is 31.2. The summed E-state index contributed by atoms with van der Waals surface area (Å²) in [5.41, 5.74) is 0.498. The van der Waals surface area contributed by atoms with Crippen LogP contribution in [-0.2, 0) is 10.0 Å². The molecule has 0 fully saturated rings. The van der Waals surface area contributed by atoms with Gasteiger partial charge in [-0.05, 0) is 44.5 Å². The molecular weight excluding hydrogens is 266 g/mol. The van der Waals surface area contributed by atoms with Crippen molar-refractivity contribution in [2.45, 2.75) is 31.9 Å². The molecular formula is C13H21NO4S. The molecule has 0 aliphatic rings. The molecule has 0 atom stereocenters. The first-order valence-corrected chi connectivity index (χ1v) is 7.67. The zero-order chi connectivity index (χ0) is 14.5. The number of hydrogen-bond donors (Lipinski definition) is 2. The van der Waals surface area contributed by atoms with Crippen LogP contribution in [0.25, 0.3) is 0 Å². The van der Waals surface area contributed by atoms with Gasteiger partial charge in [-0.15, -0.1) is 0 Å². The molecule has 1 rings (SSSR count). The number of sulfonamides is 1. The van der Waals surface area contributed by atoms with Gasteiger partial charge >= 0.3 is 0 Å². The van der Waals surface area contributed by atoms with E-state index < -0.39 is 14.8 Å². The molecule has 0 spiro atoms. The Hall–Kier alpha value is -1.27. The van der Waals surface area contributed by atoms with Gasteiger partial charge < -0.3 is 9.84 Å². The van der Waals surface area contributed by atoms with E-state index in [9.17, 15) is 8.42 Å². The fourth-order valence-corrected chi connectivity index (χ4v) is 2.37. The average molecular weight is 287 g/mol. The van der Waals surface area contributed by atoms with Crippen LogP contribution < -0.4 is 9.46 Å². The van der Waals surface area contributed by atoms with Crippen LogP contribution >= 0.6 is 0 Å². The van der Waals surface area contributed by atoms with Crippen LogP contribution in [0.4, 0.5) is 5.69 Å². The van der Waals surface area contributed by atoms with E-state index in [0.29, 0.717) is 17.9 Å². The van der Waals surface area contributed by atoms with Crippen molar-refractivity contribution < 1.29 is 18.3 Å². The molecule has 19 heavy (non-hydrogen) atoms. The van der Waals surface area contributed by atoms with E-state index in [1.54, 1.807) is 38.1 Å². The van der Waals surface area contributed by atoms with Gasteiger partial charge in [-0.25, -0.2) is 8.42 Å². The lowest BCUT2D eigenvalue weighted by molar-refractivity contribution is 0.201. The lowest BCUT2D eigenvalue weighted by Gasteiger charge is -2.23. The first-order valence-electron chi connectivity index (χ1n) is 6.18. The molecule has 2 N–H and O–H groups in total. The highest BCUT2D eigenvalue weighted by Crippen LogP contribution is 2.24. The third-order valence-electron chi connectivity index (χ3n) is 3.05. The van der Waals surface area contributed by atoms with Crippen molar-refractivity contribution in [3.05, 3.63) is 24.3 Å². The molecule has 0 aliphatic heterocycles. The smallest absolute Gasteiger partial charge is 0.237 e. The summed E-state index contributed by atoms with van der Waals surface area (Å²) in [7, 11) is -3.42. The molecule has 0 radical (unpaired) electrons. The summed E-state index contributed by atoms with van der Waals surface area (Å²) >= 11 is 0. The Balaban J connectivity index is 2.78. The minimum absolute atomic E-state index is 0.0565. The van der Waals surface area contributed by atoms with Crippen molar-refractivity contribution in [2.75, 3.05) is 17.9 Å². The highest BCUT2D eigenvalue weighted by atomic mass is 32.2. The van der Waals surface area contributed by atoms with Gasteiger partial charge in [0.1, 0.15) is 12.4 Å². The largest absolute Gasteiger partial charge is 0.491 e. The van der Waals surface area contributed by atoms with E-state index in [2.05, 4.69) is 4.72 Å². The Kier molecular flexibility index (Phi) is 5.20. The van der Waals surface area contributed by atoms with Crippen LogP contribution in [-0.4, -0.2) is 31.5 Å². The lowest BCUT2D eigenvalue weighted by Crippen LogP contribution is -2.36. The van der Waals surface area contributed by atoms with Crippen molar-refractivity contribution >= 4 is 15.7 Å². The van der Waals surface area contributed by atoms with Crippen LogP contribution in [0, 0.1) is 0 Å². The van der Waals surface area contributed by atoms with E-state index >= 15 is 0 Å². The Morgan fingerprint density at radius 2 is 1.84 bits per heavy atom. The van der Waals surface area contributed by atoms with E-state index in [1.807, 2.05) is 6.92 Å². The standard InChI is InChI=1S/C13H21NO4S/c1-4-13(2,3)19(16,17)14-11-5-7-12(8-6-11)18-10-9-15/h5-8,14-15H,4,9-10H2,1-3H3. The topological polar surface area (TPSA) is 75.6 Å². The highest BCUT2D eigenvalue weighted by molar-refractivity contribution is 7.94. The normalized spacial score (nSPS) is 12.2. The number of aliphatic hydroxyl groups excluding tert-OH is 1. The Labute approximate surface area is 114 Å². The molecule has 0 amide bonds. The first-order chi connectivity index (χ1) is 8.82. The van der Waals surface area contributed by atoms with Crippen molar-refractivity contribution in [2.24, 2.45) is 0 Å². The number of rotatable bonds is 7. The molecule has 0 heterocycles. The van der Waals surface area contributed by atoms with Crippen LogP contribution in [0.2, 0.25) is 0 Å². The third-order valence-corrected chi connectivity index (χ3v) is 5.29. The SMILES string of the molecule is CCC(C)(C)S(=O)(=O)Nc1ccc(OCCO)cc1. The van der Waals surface area contributed by atoms with Gasteiger partial charge in [-0.2, -0.15) is 0 Å². The highest BCUT2D eigenvalue weighted by Gasteiger charge is 2.32. The number of benzene rings is 1. The minimum atomic E-state index is -3.42. The fraction of sp³-hybridized carbons (Fsp3) is 0.538. The summed E-state index contributed by atoms with van der Waals surface area (Å²) in [6.45, 7) is 5.38. The van der Waals surface area contributed by atoms with Crippen LogP contribution in [0.15, 0.2) is 24.3 Å². The Morgan fingerprint density at radius 3 is 2.32 bits per heavy atom. The van der Waals surface area contributed by atoms with Gasteiger partial charge in [0, 0.05) is 5.69 Å². The van der Waals surface area contributed by atoms with Crippen LogP contribution in [0.5, 0.6) is 5.75 Å². The van der Waals surface area contributed by atoms with Crippen molar-refractivity contribution in [3.63, 3.8) is 0 Å². The summed E-state index contributed by atoms with van der Waals surface area (Å²) in [5, 5.41) is 8.64.